The highest BCUT2D eigenvalue weighted by molar-refractivity contribution is 7.12. The molecule has 1 atom stereocenters. The summed E-state index contributed by atoms with van der Waals surface area (Å²) in [7, 11) is 1.52. The number of benzene rings is 1. The minimum Gasteiger partial charge on any atom is -0.495 e. The number of halogens is 1. The smallest absolute Gasteiger partial charge is 0.148 e. The number of ether oxygens (including phenoxy) is 1. The molecule has 0 aliphatic rings. The van der Waals surface area contributed by atoms with E-state index in [9.17, 15) is 4.39 Å². The maximum atomic E-state index is 14.0. The van der Waals surface area contributed by atoms with Crippen molar-refractivity contribution < 1.29 is 9.13 Å². The number of nitrogen functional groups attached to an aromatic ring is 1. The first-order valence-electron chi connectivity index (χ1n) is 6.39. The van der Waals surface area contributed by atoms with Crippen LogP contribution in [0.15, 0.2) is 18.2 Å². The van der Waals surface area contributed by atoms with Gasteiger partial charge in [-0.2, -0.15) is 0 Å². The number of aryl methyl sites for hydroxylation is 2. The van der Waals surface area contributed by atoms with Crippen LogP contribution < -0.4 is 15.8 Å². The molecule has 3 nitrogen and oxygen atoms in total. The molecule has 0 radical (unpaired) electrons. The van der Waals surface area contributed by atoms with Gasteiger partial charge in [0, 0.05) is 27.9 Å². The predicted molar refractivity (Wildman–Crippen MR) is 83.2 cm³/mol. The van der Waals surface area contributed by atoms with Gasteiger partial charge in [-0.05, 0) is 32.4 Å². The highest BCUT2D eigenvalue weighted by Crippen LogP contribution is 2.32. The number of anilines is 2. The molecule has 0 aliphatic carbocycles. The van der Waals surface area contributed by atoms with Crippen LogP contribution in [-0.2, 0) is 0 Å². The quantitative estimate of drug-likeness (QED) is 0.828. The highest BCUT2D eigenvalue weighted by Gasteiger charge is 2.14. The zero-order valence-corrected chi connectivity index (χ0v) is 12.9. The maximum Gasteiger partial charge on any atom is 0.148 e. The summed E-state index contributed by atoms with van der Waals surface area (Å²) in [6.45, 7) is 6.16. The Morgan fingerprint density at radius 3 is 2.55 bits per heavy atom. The van der Waals surface area contributed by atoms with Crippen LogP contribution in [-0.4, -0.2) is 7.11 Å². The Bertz CT molecular complexity index is 625. The van der Waals surface area contributed by atoms with Crippen molar-refractivity contribution in [3.8, 4) is 5.75 Å². The zero-order chi connectivity index (χ0) is 14.9. The van der Waals surface area contributed by atoms with Gasteiger partial charge in [0.05, 0.1) is 18.5 Å². The van der Waals surface area contributed by atoms with E-state index in [1.165, 1.54) is 28.5 Å². The minimum atomic E-state index is -0.375. The number of hydrogen-bond donors (Lipinski definition) is 2. The van der Waals surface area contributed by atoms with E-state index in [1.54, 1.807) is 17.4 Å². The third-order valence-electron chi connectivity index (χ3n) is 3.24. The Morgan fingerprint density at radius 2 is 2.00 bits per heavy atom. The Kier molecular flexibility index (Phi) is 4.18. The molecule has 1 aromatic heterocycles. The minimum absolute atomic E-state index is 0.0165. The van der Waals surface area contributed by atoms with Crippen molar-refractivity contribution in [2.45, 2.75) is 26.8 Å². The zero-order valence-electron chi connectivity index (χ0n) is 12.1. The lowest BCUT2D eigenvalue weighted by Crippen LogP contribution is -2.09. The van der Waals surface area contributed by atoms with Crippen LogP contribution in [0, 0.1) is 19.7 Å². The summed E-state index contributed by atoms with van der Waals surface area (Å²) in [5, 5.41) is 3.18. The summed E-state index contributed by atoms with van der Waals surface area (Å²) in [5.74, 6) is 0.0964. The lowest BCUT2D eigenvalue weighted by atomic mass is 10.1. The average molecular weight is 294 g/mol. The van der Waals surface area contributed by atoms with Crippen molar-refractivity contribution in [3.63, 3.8) is 0 Å². The number of nitrogens with one attached hydrogen (secondary N) is 1. The molecular weight excluding hydrogens is 275 g/mol. The molecule has 3 N–H and O–H groups in total. The van der Waals surface area contributed by atoms with Crippen molar-refractivity contribution in [2.24, 2.45) is 0 Å². The molecule has 20 heavy (non-hydrogen) atoms. The molecule has 0 saturated heterocycles. The van der Waals surface area contributed by atoms with Crippen LogP contribution in [0.25, 0.3) is 0 Å². The molecule has 0 saturated carbocycles. The fourth-order valence-corrected chi connectivity index (χ4v) is 3.27. The van der Waals surface area contributed by atoms with E-state index >= 15 is 0 Å². The molecule has 0 amide bonds. The monoisotopic (exact) mass is 294 g/mol. The van der Waals surface area contributed by atoms with Gasteiger partial charge in [-0.1, -0.05) is 0 Å². The Labute approximate surface area is 122 Å². The lowest BCUT2D eigenvalue weighted by molar-refractivity contribution is 0.416. The van der Waals surface area contributed by atoms with Crippen molar-refractivity contribution in [2.75, 3.05) is 18.2 Å². The van der Waals surface area contributed by atoms with E-state index in [1.807, 2.05) is 6.92 Å². The van der Waals surface area contributed by atoms with Crippen molar-refractivity contribution >= 4 is 22.7 Å². The molecule has 0 spiro atoms. The number of hydrogen-bond acceptors (Lipinski definition) is 4. The third-order valence-corrected chi connectivity index (χ3v) is 4.22. The van der Waals surface area contributed by atoms with Crippen molar-refractivity contribution in [1.82, 2.24) is 0 Å². The summed E-state index contributed by atoms with van der Waals surface area (Å²) in [4.78, 5) is 2.49. The first kappa shape index (κ1) is 14.7. The number of thiophene rings is 1. The van der Waals surface area contributed by atoms with E-state index in [0.717, 1.165) is 0 Å². The topological polar surface area (TPSA) is 47.3 Å². The number of nitrogens with two attached hydrogens (primary N) is 1. The van der Waals surface area contributed by atoms with Crippen LogP contribution in [0.1, 0.15) is 28.3 Å². The Hall–Kier alpha value is -1.75. The molecule has 5 heteroatoms. The summed E-state index contributed by atoms with van der Waals surface area (Å²) < 4.78 is 19.1. The molecule has 2 aromatic rings. The number of rotatable bonds is 4. The van der Waals surface area contributed by atoms with Gasteiger partial charge < -0.3 is 15.8 Å². The fourth-order valence-electron chi connectivity index (χ4n) is 2.25. The second-order valence-electron chi connectivity index (χ2n) is 4.81. The molecule has 108 valence electrons. The van der Waals surface area contributed by atoms with Crippen LogP contribution >= 0.6 is 11.3 Å². The third kappa shape index (κ3) is 2.88. The second-order valence-corrected chi connectivity index (χ2v) is 6.27. The van der Waals surface area contributed by atoms with Gasteiger partial charge in [0.15, 0.2) is 0 Å². The molecule has 0 bridgehead atoms. The normalized spacial score (nSPS) is 12.2. The first-order chi connectivity index (χ1) is 9.42. The molecule has 0 fully saturated rings. The summed E-state index contributed by atoms with van der Waals surface area (Å²) in [5.41, 5.74) is 7.55. The van der Waals surface area contributed by atoms with Gasteiger partial charge in [0.2, 0.25) is 0 Å². The van der Waals surface area contributed by atoms with Crippen LogP contribution in [0.3, 0.4) is 0 Å². The Morgan fingerprint density at radius 1 is 1.30 bits per heavy atom. The molecule has 1 unspecified atom stereocenters. The van der Waals surface area contributed by atoms with E-state index in [2.05, 4.69) is 25.2 Å². The van der Waals surface area contributed by atoms with Crippen LogP contribution in [0.5, 0.6) is 5.75 Å². The lowest BCUT2D eigenvalue weighted by Gasteiger charge is -2.17. The molecule has 0 aliphatic heterocycles. The van der Waals surface area contributed by atoms with Gasteiger partial charge in [0.1, 0.15) is 11.6 Å². The van der Waals surface area contributed by atoms with E-state index in [-0.39, 0.29) is 11.9 Å². The van der Waals surface area contributed by atoms with Gasteiger partial charge >= 0.3 is 0 Å². The molecular formula is C15H19FN2OS. The fraction of sp³-hybridized carbons (Fsp3) is 0.333. The predicted octanol–water partition coefficient (Wildman–Crippen LogP) is 4.27. The van der Waals surface area contributed by atoms with Crippen LogP contribution in [0.4, 0.5) is 15.8 Å². The van der Waals surface area contributed by atoms with Crippen molar-refractivity contribution in [3.05, 3.63) is 39.3 Å². The van der Waals surface area contributed by atoms with E-state index in [0.29, 0.717) is 17.1 Å². The molecule has 1 aromatic carbocycles. The maximum absolute atomic E-state index is 14.0. The standard InChI is InChI=1S/C15H19FN2OS/c1-8-5-11(10(3)20-8)9(2)18-14-7-15(19-4)13(17)6-12(14)16/h5-7,9,18H,17H2,1-4H3. The SMILES string of the molecule is COc1cc(NC(C)c2cc(C)sc2C)c(F)cc1N. The first-order valence-corrected chi connectivity index (χ1v) is 7.20. The summed E-state index contributed by atoms with van der Waals surface area (Å²) in [6, 6.07) is 5.02. The van der Waals surface area contributed by atoms with Gasteiger partial charge in [-0.15, -0.1) is 11.3 Å². The van der Waals surface area contributed by atoms with Crippen molar-refractivity contribution in [1.29, 1.82) is 0 Å². The van der Waals surface area contributed by atoms with Gasteiger partial charge in [0.25, 0.3) is 0 Å². The van der Waals surface area contributed by atoms with E-state index < -0.39 is 0 Å². The Balaban J connectivity index is 2.27. The number of methoxy groups -OCH3 is 1. The summed E-state index contributed by atoms with van der Waals surface area (Å²) >= 11 is 1.74. The highest BCUT2D eigenvalue weighted by atomic mass is 32.1. The average Bonchev–Trinajstić information content (AvgIpc) is 2.71. The second kappa shape index (κ2) is 5.71. The molecule has 2 rings (SSSR count). The van der Waals surface area contributed by atoms with Gasteiger partial charge in [-0.25, -0.2) is 4.39 Å². The van der Waals surface area contributed by atoms with Gasteiger partial charge in [-0.3, -0.25) is 0 Å². The largest absolute Gasteiger partial charge is 0.495 e. The summed E-state index contributed by atoms with van der Waals surface area (Å²) in [6.07, 6.45) is 0. The molecule has 1 heterocycles. The van der Waals surface area contributed by atoms with E-state index in [4.69, 9.17) is 10.5 Å². The van der Waals surface area contributed by atoms with Crippen LogP contribution in [0.2, 0.25) is 0 Å².